The van der Waals surface area contributed by atoms with Gasteiger partial charge in [0.2, 0.25) is 5.91 Å². The van der Waals surface area contributed by atoms with E-state index in [1.165, 1.54) is 4.90 Å². The number of nitrogens with zero attached hydrogens (tertiary/aromatic N) is 1. The number of likely N-dealkylation sites (N-methyl/N-ethyl adjacent to an activating group) is 1. The Kier molecular flexibility index (Phi) is 6.45. The van der Waals surface area contributed by atoms with Crippen LogP contribution < -0.4 is 10.5 Å². The van der Waals surface area contributed by atoms with Crippen molar-refractivity contribution in [2.45, 2.75) is 19.6 Å². The summed E-state index contributed by atoms with van der Waals surface area (Å²) in [7, 11) is 1.68. The number of halogens is 2. The third-order valence-electron chi connectivity index (χ3n) is 3.55. The van der Waals surface area contributed by atoms with Crippen LogP contribution in [-0.4, -0.2) is 29.9 Å². The molecule has 0 saturated heterocycles. The summed E-state index contributed by atoms with van der Waals surface area (Å²) in [6.45, 7) is 2.02. The minimum atomic E-state index is -0.679. The van der Waals surface area contributed by atoms with Crippen LogP contribution in [0, 0.1) is 0 Å². The van der Waals surface area contributed by atoms with Gasteiger partial charge in [0.1, 0.15) is 5.75 Å². The quantitative estimate of drug-likeness (QED) is 0.768. The van der Waals surface area contributed by atoms with E-state index in [1.807, 2.05) is 6.07 Å². The highest BCUT2D eigenvalue weighted by Gasteiger charge is 2.20. The molecule has 0 aromatic heterocycles. The fourth-order valence-corrected chi connectivity index (χ4v) is 3.07. The molecule has 0 fully saturated rings. The molecule has 0 spiro atoms. The fourth-order valence-electron chi connectivity index (χ4n) is 2.30. The number of hydrogen-bond acceptors (Lipinski definition) is 3. The van der Waals surface area contributed by atoms with Crippen molar-refractivity contribution < 1.29 is 14.3 Å². The van der Waals surface area contributed by atoms with E-state index in [9.17, 15) is 9.59 Å². The van der Waals surface area contributed by atoms with Gasteiger partial charge in [-0.1, -0.05) is 23.7 Å². The lowest BCUT2D eigenvalue weighted by Gasteiger charge is -2.23. The van der Waals surface area contributed by atoms with Crippen LogP contribution in [0.15, 0.2) is 46.9 Å². The minimum absolute atomic E-state index is 0.189. The van der Waals surface area contributed by atoms with Gasteiger partial charge >= 0.3 is 0 Å². The molecular formula is C18H18BrClN2O3. The molecule has 0 saturated carbocycles. The van der Waals surface area contributed by atoms with Crippen molar-refractivity contribution in [2.24, 2.45) is 5.73 Å². The summed E-state index contributed by atoms with van der Waals surface area (Å²) < 4.78 is 6.39. The van der Waals surface area contributed by atoms with Gasteiger partial charge in [-0.3, -0.25) is 9.59 Å². The van der Waals surface area contributed by atoms with Gasteiger partial charge in [-0.15, -0.1) is 0 Å². The summed E-state index contributed by atoms with van der Waals surface area (Å²) in [5.41, 5.74) is 6.50. The van der Waals surface area contributed by atoms with Crippen molar-refractivity contribution in [3.05, 3.63) is 63.1 Å². The second kappa shape index (κ2) is 8.36. The molecule has 1 atom stereocenters. The van der Waals surface area contributed by atoms with Crippen molar-refractivity contribution >= 4 is 39.3 Å². The number of amides is 2. The van der Waals surface area contributed by atoms with Gasteiger partial charge in [-0.25, -0.2) is 0 Å². The highest BCUT2D eigenvalue weighted by molar-refractivity contribution is 9.10. The molecule has 2 amide bonds. The highest BCUT2D eigenvalue weighted by Crippen LogP contribution is 2.29. The smallest absolute Gasteiger partial charge is 0.263 e. The monoisotopic (exact) mass is 424 g/mol. The molecule has 25 heavy (non-hydrogen) atoms. The van der Waals surface area contributed by atoms with E-state index in [2.05, 4.69) is 15.9 Å². The Hall–Kier alpha value is -2.05. The first-order valence-electron chi connectivity index (χ1n) is 7.53. The Bertz CT molecular complexity index is 798. The second-order valence-electron chi connectivity index (χ2n) is 5.59. The zero-order chi connectivity index (χ0) is 18.6. The van der Waals surface area contributed by atoms with Crippen molar-refractivity contribution in [2.75, 3.05) is 7.05 Å². The van der Waals surface area contributed by atoms with E-state index in [-0.39, 0.29) is 5.91 Å². The normalized spacial score (nSPS) is 11.7. The minimum Gasteiger partial charge on any atom is -0.480 e. The van der Waals surface area contributed by atoms with Crippen LogP contribution in [0.25, 0.3) is 0 Å². The predicted molar refractivity (Wildman–Crippen MR) is 101 cm³/mol. The summed E-state index contributed by atoms with van der Waals surface area (Å²) >= 11 is 9.26. The molecule has 0 radical (unpaired) electrons. The van der Waals surface area contributed by atoms with Crippen molar-refractivity contribution in [1.29, 1.82) is 0 Å². The molecule has 2 aromatic carbocycles. The van der Waals surface area contributed by atoms with Gasteiger partial charge in [0, 0.05) is 24.2 Å². The first-order chi connectivity index (χ1) is 11.8. The van der Waals surface area contributed by atoms with E-state index in [0.29, 0.717) is 27.4 Å². The van der Waals surface area contributed by atoms with Gasteiger partial charge in [-0.05, 0) is 58.7 Å². The Morgan fingerprint density at radius 3 is 2.64 bits per heavy atom. The van der Waals surface area contributed by atoms with Gasteiger partial charge in [-0.2, -0.15) is 0 Å². The molecule has 0 aliphatic carbocycles. The van der Waals surface area contributed by atoms with Crippen LogP contribution in [0.5, 0.6) is 5.75 Å². The predicted octanol–water partition coefficient (Wildman–Crippen LogP) is 3.63. The van der Waals surface area contributed by atoms with Crippen LogP contribution >= 0.6 is 27.5 Å². The topological polar surface area (TPSA) is 72.6 Å². The van der Waals surface area contributed by atoms with Gasteiger partial charge in [0.05, 0.1) is 4.47 Å². The maximum atomic E-state index is 12.5. The van der Waals surface area contributed by atoms with Crippen LogP contribution in [0.2, 0.25) is 5.02 Å². The summed E-state index contributed by atoms with van der Waals surface area (Å²) in [6.07, 6.45) is -0.679. The molecule has 2 aromatic rings. The van der Waals surface area contributed by atoms with Crippen LogP contribution in [0.3, 0.4) is 0 Å². The molecule has 0 bridgehead atoms. The number of primary amides is 1. The molecular weight excluding hydrogens is 408 g/mol. The number of hydrogen-bond donors (Lipinski definition) is 1. The van der Waals surface area contributed by atoms with Crippen LogP contribution in [-0.2, 0) is 11.3 Å². The first-order valence-corrected chi connectivity index (χ1v) is 8.70. The standard InChI is InChI=1S/C18H18BrClN2O3/c1-11(25-16-7-6-14(20)9-15(16)19)18(24)22(2)10-12-4-3-5-13(8-12)17(21)23/h3-9,11H,10H2,1-2H3,(H2,21,23). The molecule has 2 N–H and O–H groups in total. The van der Waals surface area contributed by atoms with E-state index in [4.69, 9.17) is 22.1 Å². The van der Waals surface area contributed by atoms with Gasteiger partial charge < -0.3 is 15.4 Å². The highest BCUT2D eigenvalue weighted by atomic mass is 79.9. The van der Waals surface area contributed by atoms with E-state index >= 15 is 0 Å². The zero-order valence-corrected chi connectivity index (χ0v) is 16.2. The van der Waals surface area contributed by atoms with Gasteiger partial charge in [0.15, 0.2) is 6.10 Å². The molecule has 2 rings (SSSR count). The lowest BCUT2D eigenvalue weighted by Crippen LogP contribution is -2.37. The molecule has 5 nitrogen and oxygen atoms in total. The van der Waals surface area contributed by atoms with Crippen molar-refractivity contribution in [3.63, 3.8) is 0 Å². The Morgan fingerprint density at radius 2 is 2.00 bits per heavy atom. The molecule has 0 heterocycles. The van der Waals surface area contributed by atoms with Crippen LogP contribution in [0.1, 0.15) is 22.8 Å². The summed E-state index contributed by atoms with van der Waals surface area (Å²) in [6, 6.07) is 12.0. The van der Waals surface area contributed by atoms with Crippen molar-refractivity contribution in [1.82, 2.24) is 4.90 Å². The Morgan fingerprint density at radius 1 is 1.28 bits per heavy atom. The number of carbonyl (C=O) groups excluding carboxylic acids is 2. The molecule has 7 heteroatoms. The lowest BCUT2D eigenvalue weighted by atomic mass is 10.1. The third-order valence-corrected chi connectivity index (χ3v) is 4.41. The molecule has 0 aliphatic heterocycles. The fraction of sp³-hybridized carbons (Fsp3) is 0.222. The van der Waals surface area contributed by atoms with E-state index in [1.54, 1.807) is 50.4 Å². The SMILES string of the molecule is CC(Oc1ccc(Cl)cc1Br)C(=O)N(C)Cc1cccc(C(N)=O)c1. The average Bonchev–Trinajstić information content (AvgIpc) is 2.56. The Labute approximate surface area is 159 Å². The van der Waals surface area contributed by atoms with E-state index < -0.39 is 12.0 Å². The maximum absolute atomic E-state index is 12.5. The van der Waals surface area contributed by atoms with E-state index in [0.717, 1.165) is 5.56 Å². The number of ether oxygens (including phenoxy) is 1. The number of benzene rings is 2. The number of rotatable bonds is 6. The summed E-state index contributed by atoms with van der Waals surface area (Å²) in [5, 5.41) is 0.574. The van der Waals surface area contributed by atoms with Gasteiger partial charge in [0.25, 0.3) is 5.91 Å². The molecule has 132 valence electrons. The number of carbonyl (C=O) groups is 2. The summed E-state index contributed by atoms with van der Waals surface area (Å²) in [4.78, 5) is 25.3. The first kappa shape index (κ1) is 19.3. The second-order valence-corrected chi connectivity index (χ2v) is 6.88. The molecule has 1 unspecified atom stereocenters. The average molecular weight is 426 g/mol. The Balaban J connectivity index is 2.03. The summed E-state index contributed by atoms with van der Waals surface area (Å²) in [5.74, 6) is -0.152. The number of nitrogens with two attached hydrogens (primary N) is 1. The van der Waals surface area contributed by atoms with Crippen molar-refractivity contribution in [3.8, 4) is 5.75 Å². The third kappa shape index (κ3) is 5.21. The largest absolute Gasteiger partial charge is 0.480 e. The zero-order valence-electron chi connectivity index (χ0n) is 13.8. The lowest BCUT2D eigenvalue weighted by molar-refractivity contribution is -0.137. The molecule has 0 aliphatic rings. The maximum Gasteiger partial charge on any atom is 0.263 e. The van der Waals surface area contributed by atoms with Crippen LogP contribution in [0.4, 0.5) is 0 Å².